The number of hydrogen-bond acceptors (Lipinski definition) is 8. The SMILES string of the molecule is CN=C1C=C(N)CSC/C=N/N(C)/C(C)=C(\C)c2c(Cl)ccc3c(c(C(=O)O)n(C)c23)CCCOc2cc(cc3ccccc23)SC1. The number of hydrazone groups is 1. The third-order valence-electron chi connectivity index (χ3n) is 8.38. The van der Waals surface area contributed by atoms with Crippen molar-refractivity contribution < 1.29 is 14.6 Å². The van der Waals surface area contributed by atoms with Crippen molar-refractivity contribution in [3.63, 3.8) is 0 Å². The number of halogens is 1. The lowest BCUT2D eigenvalue weighted by Crippen LogP contribution is -2.11. The standard InChI is InChI=1S/C36H40ClN5O3S2/c1-22-23(2)42(5)40-14-16-46-20-25(38)18-26(39-3)21-47-27-17-24-9-6-7-10-28(24)32(19-27)45-15-8-11-29-30-12-13-31(37)33(22)34(30)41(4)35(29)36(43)44/h6-7,9-10,12-14,17-19H,8,11,15-16,20-21,38H2,1-5H3,(H,43,44)/b23-22+,25-18?,39-26?,40-14+. The summed E-state index contributed by atoms with van der Waals surface area (Å²) in [5.41, 5.74) is 12.5. The Morgan fingerprint density at radius 3 is 2.66 bits per heavy atom. The summed E-state index contributed by atoms with van der Waals surface area (Å²) in [6.45, 7) is 4.41. The molecule has 0 atom stereocenters. The van der Waals surface area contributed by atoms with Gasteiger partial charge in [0.05, 0.1) is 17.1 Å². The number of carboxylic acid groups (broad SMARTS) is 1. The number of rotatable bonds is 1. The minimum atomic E-state index is -0.975. The van der Waals surface area contributed by atoms with Crippen molar-refractivity contribution in [2.24, 2.45) is 22.9 Å². The Bertz CT molecular complexity index is 1950. The largest absolute Gasteiger partial charge is 0.493 e. The van der Waals surface area contributed by atoms with Crippen molar-refractivity contribution in [2.45, 2.75) is 31.6 Å². The van der Waals surface area contributed by atoms with Crippen LogP contribution in [0, 0.1) is 0 Å². The molecular formula is C36H40ClN5O3S2. The number of aromatic nitrogens is 1. The lowest BCUT2D eigenvalue weighted by molar-refractivity contribution is 0.0685. The minimum absolute atomic E-state index is 0.257. The topological polar surface area (TPSA) is 105 Å². The van der Waals surface area contributed by atoms with E-state index in [0.29, 0.717) is 41.7 Å². The molecule has 0 radical (unpaired) electrons. The van der Waals surface area contributed by atoms with E-state index in [4.69, 9.17) is 22.1 Å². The summed E-state index contributed by atoms with van der Waals surface area (Å²) in [6, 6.07) is 16.2. The van der Waals surface area contributed by atoms with Crippen molar-refractivity contribution in [3.8, 4) is 5.75 Å². The molecule has 0 spiro atoms. The zero-order valence-corrected chi connectivity index (χ0v) is 29.7. The first-order chi connectivity index (χ1) is 22.6. The number of aryl methyl sites for hydroxylation is 2. The lowest BCUT2D eigenvalue weighted by atomic mass is 9.99. The van der Waals surface area contributed by atoms with E-state index in [2.05, 4.69) is 34.4 Å². The van der Waals surface area contributed by atoms with E-state index in [9.17, 15) is 9.90 Å². The van der Waals surface area contributed by atoms with Crippen LogP contribution < -0.4 is 10.5 Å². The molecular weight excluding hydrogens is 650 g/mol. The van der Waals surface area contributed by atoms with Gasteiger partial charge in [0, 0.05) is 83.0 Å². The summed E-state index contributed by atoms with van der Waals surface area (Å²) in [5, 5.41) is 20.4. The highest BCUT2D eigenvalue weighted by molar-refractivity contribution is 8.00. The zero-order chi connectivity index (χ0) is 33.7. The Balaban J connectivity index is 1.57. The number of fused-ring (bicyclic) bond motifs is 4. The predicted octanol–water partition coefficient (Wildman–Crippen LogP) is 8.12. The highest BCUT2D eigenvalue weighted by Crippen LogP contribution is 2.38. The third-order valence-corrected chi connectivity index (χ3v) is 10.6. The third kappa shape index (κ3) is 7.66. The number of aromatic carboxylic acids is 1. The number of ether oxygens (including phenoxy) is 1. The van der Waals surface area contributed by atoms with Crippen LogP contribution >= 0.6 is 35.1 Å². The van der Waals surface area contributed by atoms with Crippen molar-refractivity contribution >= 4 is 80.3 Å². The molecule has 6 bridgehead atoms. The van der Waals surface area contributed by atoms with E-state index in [1.165, 1.54) is 0 Å². The van der Waals surface area contributed by atoms with Gasteiger partial charge in [-0.15, -0.1) is 23.5 Å². The number of aliphatic imine (C=N–C) groups is 1. The monoisotopic (exact) mass is 689 g/mol. The van der Waals surface area contributed by atoms with Gasteiger partial charge in [-0.2, -0.15) is 5.10 Å². The Kier molecular flexibility index (Phi) is 11.3. The smallest absolute Gasteiger partial charge is 0.352 e. The molecule has 0 unspecified atom stereocenters. The number of carboxylic acids is 1. The molecule has 11 heteroatoms. The predicted molar refractivity (Wildman–Crippen MR) is 201 cm³/mol. The minimum Gasteiger partial charge on any atom is -0.493 e. The van der Waals surface area contributed by atoms with Gasteiger partial charge in [0.1, 0.15) is 11.4 Å². The maximum atomic E-state index is 12.6. The Hall–Kier alpha value is -3.86. The average molecular weight is 690 g/mol. The molecule has 0 saturated heterocycles. The first-order valence-electron chi connectivity index (χ1n) is 15.4. The van der Waals surface area contributed by atoms with Crippen LogP contribution in [0.15, 0.2) is 81.0 Å². The van der Waals surface area contributed by atoms with E-state index < -0.39 is 5.97 Å². The van der Waals surface area contributed by atoms with Crippen LogP contribution in [0.1, 0.15) is 41.9 Å². The van der Waals surface area contributed by atoms with Gasteiger partial charge in [-0.1, -0.05) is 41.9 Å². The van der Waals surface area contributed by atoms with Gasteiger partial charge in [-0.3, -0.25) is 10.0 Å². The Morgan fingerprint density at radius 2 is 1.89 bits per heavy atom. The molecule has 0 aliphatic carbocycles. The highest BCUT2D eigenvalue weighted by atomic mass is 35.5. The summed E-state index contributed by atoms with van der Waals surface area (Å²) < 4.78 is 8.17. The number of benzene rings is 3. The van der Waals surface area contributed by atoms with Gasteiger partial charge < -0.3 is 20.1 Å². The number of nitrogens with zero attached hydrogens (tertiary/aromatic N) is 4. The first kappa shape index (κ1) is 34.5. The van der Waals surface area contributed by atoms with Crippen molar-refractivity contribution in [1.82, 2.24) is 9.58 Å². The Morgan fingerprint density at radius 1 is 1.11 bits per heavy atom. The molecule has 5 rings (SSSR count). The van der Waals surface area contributed by atoms with Gasteiger partial charge in [0.15, 0.2) is 0 Å². The molecule has 1 aromatic heterocycles. The van der Waals surface area contributed by atoms with Crippen LogP contribution in [0.5, 0.6) is 5.75 Å². The summed E-state index contributed by atoms with van der Waals surface area (Å²) in [5.74, 6) is 1.83. The number of thioether (sulfide) groups is 2. The average Bonchev–Trinajstić information content (AvgIpc) is 3.34. The summed E-state index contributed by atoms with van der Waals surface area (Å²) >= 11 is 10.2. The summed E-state index contributed by atoms with van der Waals surface area (Å²) in [6.07, 6.45) is 4.98. The molecule has 0 fully saturated rings. The second-order valence-electron chi connectivity index (χ2n) is 11.4. The van der Waals surface area contributed by atoms with E-state index in [1.54, 1.807) is 42.2 Å². The van der Waals surface area contributed by atoms with Crippen LogP contribution in [0.3, 0.4) is 0 Å². The highest BCUT2D eigenvalue weighted by Gasteiger charge is 2.24. The summed E-state index contributed by atoms with van der Waals surface area (Å²) in [7, 11) is 5.48. The molecule has 1 aliphatic heterocycles. The molecule has 246 valence electrons. The van der Waals surface area contributed by atoms with E-state index in [0.717, 1.165) is 66.1 Å². The lowest BCUT2D eigenvalue weighted by Gasteiger charge is -2.19. The van der Waals surface area contributed by atoms with Crippen LogP contribution in [-0.4, -0.2) is 70.5 Å². The number of nitrogens with two attached hydrogens (primary N) is 1. The maximum Gasteiger partial charge on any atom is 0.352 e. The van der Waals surface area contributed by atoms with Gasteiger partial charge in [-0.25, -0.2) is 4.79 Å². The zero-order valence-electron chi connectivity index (χ0n) is 27.3. The van der Waals surface area contributed by atoms with Crippen LogP contribution in [0.25, 0.3) is 27.2 Å². The molecule has 47 heavy (non-hydrogen) atoms. The second kappa shape index (κ2) is 15.4. The van der Waals surface area contributed by atoms with Gasteiger partial charge >= 0.3 is 5.97 Å². The number of hydrogen-bond donors (Lipinski definition) is 2. The van der Waals surface area contributed by atoms with Crippen LogP contribution in [-0.2, 0) is 13.5 Å². The molecule has 8 nitrogen and oxygen atoms in total. The fourth-order valence-corrected chi connectivity index (χ4v) is 7.68. The van der Waals surface area contributed by atoms with Crippen molar-refractivity contribution in [2.75, 3.05) is 38.0 Å². The van der Waals surface area contributed by atoms with Crippen molar-refractivity contribution in [3.05, 3.63) is 87.8 Å². The quantitative estimate of drug-likeness (QED) is 0.208. The van der Waals surface area contributed by atoms with Gasteiger partial charge in [-0.05, 0) is 67.5 Å². The fourth-order valence-electron chi connectivity index (χ4n) is 5.84. The van der Waals surface area contributed by atoms with E-state index >= 15 is 0 Å². The van der Waals surface area contributed by atoms with E-state index in [1.807, 2.05) is 62.5 Å². The fraction of sp³-hybridized carbons (Fsp3) is 0.306. The molecule has 0 amide bonds. The van der Waals surface area contributed by atoms with Gasteiger partial charge in [0.25, 0.3) is 0 Å². The Labute approximate surface area is 289 Å². The molecule has 0 saturated carbocycles. The second-order valence-corrected chi connectivity index (χ2v) is 13.9. The van der Waals surface area contributed by atoms with E-state index in [-0.39, 0.29) is 5.69 Å². The van der Waals surface area contributed by atoms with Crippen LogP contribution in [0.4, 0.5) is 0 Å². The molecule has 4 aromatic rings. The van der Waals surface area contributed by atoms with Crippen molar-refractivity contribution in [1.29, 1.82) is 0 Å². The molecule has 2 heterocycles. The van der Waals surface area contributed by atoms with Crippen LogP contribution in [0.2, 0.25) is 5.02 Å². The first-order valence-corrected chi connectivity index (χ1v) is 17.9. The maximum absolute atomic E-state index is 12.6. The normalized spacial score (nSPS) is 19.1. The molecule has 3 N–H and O–H groups in total. The summed E-state index contributed by atoms with van der Waals surface area (Å²) in [4.78, 5) is 18.2. The molecule has 1 aliphatic rings. The number of carbonyl (C=O) groups is 1. The number of allylic oxidation sites excluding steroid dienone is 3. The van der Waals surface area contributed by atoms with Gasteiger partial charge in [0.2, 0.25) is 0 Å². The molecule has 3 aromatic carbocycles.